The zero-order chi connectivity index (χ0) is 15.6. The average molecular weight is 336 g/mol. The number of aromatic nitrogens is 3. The summed E-state index contributed by atoms with van der Waals surface area (Å²) in [6, 6.07) is 18.4. The minimum absolute atomic E-state index is 0.477. The number of rotatable bonds is 3. The van der Waals surface area contributed by atoms with Gasteiger partial charge in [-0.3, -0.25) is 0 Å². The fourth-order valence-corrected chi connectivity index (χ4v) is 3.32. The Bertz CT molecular complexity index is 1040. The van der Waals surface area contributed by atoms with Crippen molar-refractivity contribution in [2.24, 2.45) is 5.10 Å². The van der Waals surface area contributed by atoms with Crippen molar-refractivity contribution in [2.45, 2.75) is 0 Å². The summed E-state index contributed by atoms with van der Waals surface area (Å²) in [5, 5.41) is 16.0. The molecule has 0 aliphatic heterocycles. The number of thiophene rings is 1. The molecule has 0 fully saturated rings. The normalized spacial score (nSPS) is 11.5. The fourth-order valence-electron chi connectivity index (χ4n) is 2.45. The predicted octanol–water partition coefficient (Wildman–Crippen LogP) is 4.70. The summed E-state index contributed by atoms with van der Waals surface area (Å²) < 4.78 is 2.13. The van der Waals surface area contributed by atoms with Crippen LogP contribution in [0.1, 0.15) is 5.56 Å². The van der Waals surface area contributed by atoms with E-state index in [4.69, 9.17) is 12.2 Å². The molecule has 0 spiro atoms. The van der Waals surface area contributed by atoms with Crippen molar-refractivity contribution in [3.05, 3.63) is 70.3 Å². The number of hydrogen-bond donors (Lipinski definition) is 1. The van der Waals surface area contributed by atoms with Gasteiger partial charge in [-0.15, -0.1) is 11.3 Å². The molecule has 0 amide bonds. The van der Waals surface area contributed by atoms with Crippen molar-refractivity contribution in [1.29, 1.82) is 0 Å². The number of hydrogen-bond acceptors (Lipinski definition) is 4. The monoisotopic (exact) mass is 336 g/mol. The Morgan fingerprint density at radius 3 is 2.83 bits per heavy atom. The van der Waals surface area contributed by atoms with Crippen LogP contribution in [0.3, 0.4) is 0 Å². The zero-order valence-corrected chi connectivity index (χ0v) is 13.6. The number of nitrogens with zero attached hydrogens (tertiary/aromatic N) is 3. The Morgan fingerprint density at radius 1 is 1.09 bits per heavy atom. The van der Waals surface area contributed by atoms with Crippen molar-refractivity contribution < 1.29 is 0 Å². The van der Waals surface area contributed by atoms with Gasteiger partial charge in [0.15, 0.2) is 5.82 Å². The molecule has 4 aromatic rings. The van der Waals surface area contributed by atoms with Gasteiger partial charge in [0.05, 0.1) is 11.1 Å². The highest BCUT2D eigenvalue weighted by Crippen LogP contribution is 2.23. The van der Waals surface area contributed by atoms with E-state index in [1.165, 1.54) is 5.39 Å². The Morgan fingerprint density at radius 2 is 1.96 bits per heavy atom. The molecule has 0 aliphatic carbocycles. The molecule has 0 bridgehead atoms. The van der Waals surface area contributed by atoms with Crippen LogP contribution in [0.15, 0.2) is 65.1 Å². The van der Waals surface area contributed by atoms with Gasteiger partial charge in [-0.25, -0.2) is 5.10 Å². The molecule has 4 nitrogen and oxygen atoms in total. The van der Waals surface area contributed by atoms with Crippen molar-refractivity contribution in [1.82, 2.24) is 14.9 Å². The molecular weight excluding hydrogens is 324 g/mol. The maximum atomic E-state index is 5.29. The van der Waals surface area contributed by atoms with Gasteiger partial charge in [-0.2, -0.15) is 14.9 Å². The van der Waals surface area contributed by atoms with E-state index in [9.17, 15) is 0 Å². The highest BCUT2D eigenvalue weighted by Gasteiger charge is 2.08. The number of nitrogens with one attached hydrogen (secondary N) is 1. The quantitative estimate of drug-likeness (QED) is 0.435. The topological polar surface area (TPSA) is 46.0 Å². The third-order valence-electron chi connectivity index (χ3n) is 3.53. The molecule has 23 heavy (non-hydrogen) atoms. The molecule has 0 unspecified atom stereocenters. The van der Waals surface area contributed by atoms with Crippen LogP contribution in [-0.2, 0) is 0 Å². The second-order valence-corrected chi connectivity index (χ2v) is 6.29. The van der Waals surface area contributed by atoms with Crippen LogP contribution in [-0.4, -0.2) is 21.1 Å². The SMILES string of the molecule is S=c1[nH]nc(-c2cccs2)n1/N=C/c1cccc2ccccc12. The highest BCUT2D eigenvalue weighted by atomic mass is 32.1. The molecule has 1 N–H and O–H groups in total. The number of aromatic amines is 1. The molecule has 0 atom stereocenters. The minimum atomic E-state index is 0.477. The molecule has 2 aromatic carbocycles. The molecule has 0 saturated carbocycles. The molecular formula is C17H12N4S2. The second kappa shape index (κ2) is 5.91. The van der Waals surface area contributed by atoms with E-state index in [0.29, 0.717) is 4.77 Å². The van der Waals surface area contributed by atoms with Gasteiger partial charge >= 0.3 is 0 Å². The van der Waals surface area contributed by atoms with Crippen molar-refractivity contribution in [2.75, 3.05) is 0 Å². The van der Waals surface area contributed by atoms with E-state index < -0.39 is 0 Å². The predicted molar refractivity (Wildman–Crippen MR) is 97.7 cm³/mol. The van der Waals surface area contributed by atoms with Crippen LogP contribution in [0.4, 0.5) is 0 Å². The fraction of sp³-hybridized carbons (Fsp3) is 0. The van der Waals surface area contributed by atoms with Gasteiger partial charge in [-0.1, -0.05) is 48.5 Å². The molecule has 112 valence electrons. The van der Waals surface area contributed by atoms with Crippen LogP contribution in [0.2, 0.25) is 0 Å². The third kappa shape index (κ3) is 2.62. The molecule has 0 aliphatic rings. The lowest BCUT2D eigenvalue weighted by molar-refractivity contribution is 0.873. The lowest BCUT2D eigenvalue weighted by Crippen LogP contribution is -1.94. The molecule has 0 radical (unpaired) electrons. The first kappa shape index (κ1) is 14.0. The van der Waals surface area contributed by atoms with Crippen LogP contribution in [0.25, 0.3) is 21.5 Å². The third-order valence-corrected chi connectivity index (χ3v) is 4.66. The standard InChI is InChI=1S/C17H12N4S2/c22-17-20-19-16(15-9-4-10-23-15)21(17)18-11-13-7-3-6-12-5-1-2-8-14(12)13/h1-11H,(H,20,22)/b18-11+. The van der Waals surface area contributed by atoms with Gasteiger partial charge in [-0.05, 0) is 34.4 Å². The van der Waals surface area contributed by atoms with Crippen LogP contribution in [0.5, 0.6) is 0 Å². The van der Waals surface area contributed by atoms with Crippen LogP contribution >= 0.6 is 23.6 Å². The van der Waals surface area contributed by atoms with Crippen molar-refractivity contribution in [3.8, 4) is 10.7 Å². The smallest absolute Gasteiger partial charge is 0.216 e. The summed E-state index contributed by atoms with van der Waals surface area (Å²) in [6.07, 6.45) is 1.82. The van der Waals surface area contributed by atoms with Gasteiger partial charge in [0, 0.05) is 5.56 Å². The number of fused-ring (bicyclic) bond motifs is 1. The summed E-state index contributed by atoms with van der Waals surface area (Å²) in [5.41, 5.74) is 1.04. The Balaban J connectivity index is 1.80. The van der Waals surface area contributed by atoms with Gasteiger partial charge in [0.2, 0.25) is 4.77 Å². The Kier molecular flexibility index (Phi) is 3.61. The first-order chi connectivity index (χ1) is 11.3. The van der Waals surface area contributed by atoms with E-state index in [2.05, 4.69) is 33.5 Å². The van der Waals surface area contributed by atoms with E-state index in [1.54, 1.807) is 16.0 Å². The van der Waals surface area contributed by atoms with Crippen LogP contribution in [0, 0.1) is 4.77 Å². The van der Waals surface area contributed by atoms with Crippen molar-refractivity contribution in [3.63, 3.8) is 0 Å². The molecule has 0 saturated heterocycles. The van der Waals surface area contributed by atoms with E-state index in [-0.39, 0.29) is 0 Å². The summed E-state index contributed by atoms with van der Waals surface area (Å²) in [4.78, 5) is 1.02. The first-order valence-electron chi connectivity index (χ1n) is 7.06. The second-order valence-electron chi connectivity index (χ2n) is 4.95. The summed E-state index contributed by atoms with van der Waals surface area (Å²) in [5.74, 6) is 0.724. The largest absolute Gasteiger partial charge is 0.250 e. The van der Waals surface area contributed by atoms with E-state index in [1.807, 2.05) is 48.0 Å². The lowest BCUT2D eigenvalue weighted by atomic mass is 10.1. The van der Waals surface area contributed by atoms with Gasteiger partial charge in [0.25, 0.3) is 0 Å². The summed E-state index contributed by atoms with van der Waals surface area (Å²) >= 11 is 6.90. The molecule has 2 heterocycles. The lowest BCUT2D eigenvalue weighted by Gasteiger charge is -2.02. The summed E-state index contributed by atoms with van der Waals surface area (Å²) in [6.45, 7) is 0. The molecule has 6 heteroatoms. The van der Waals surface area contributed by atoms with E-state index in [0.717, 1.165) is 21.7 Å². The summed E-state index contributed by atoms with van der Waals surface area (Å²) in [7, 11) is 0. The highest BCUT2D eigenvalue weighted by molar-refractivity contribution is 7.71. The maximum absolute atomic E-state index is 5.29. The Hall–Kier alpha value is -2.57. The number of benzene rings is 2. The van der Waals surface area contributed by atoms with Gasteiger partial charge in [0.1, 0.15) is 0 Å². The molecule has 2 aromatic heterocycles. The molecule has 4 rings (SSSR count). The van der Waals surface area contributed by atoms with Gasteiger partial charge < -0.3 is 0 Å². The zero-order valence-electron chi connectivity index (χ0n) is 12.0. The maximum Gasteiger partial charge on any atom is 0.216 e. The van der Waals surface area contributed by atoms with Crippen molar-refractivity contribution >= 4 is 40.5 Å². The Labute approximate surface area is 141 Å². The van der Waals surface area contributed by atoms with Crippen LogP contribution < -0.4 is 0 Å². The number of H-pyrrole nitrogens is 1. The first-order valence-corrected chi connectivity index (χ1v) is 8.35. The van der Waals surface area contributed by atoms with E-state index >= 15 is 0 Å². The average Bonchev–Trinajstić information content (AvgIpc) is 3.22. The minimum Gasteiger partial charge on any atom is -0.250 e.